The molecule has 1 fully saturated rings. The fourth-order valence-corrected chi connectivity index (χ4v) is 3.97. The van der Waals surface area contributed by atoms with Crippen molar-refractivity contribution in [2.45, 2.75) is 33.2 Å². The Kier molecular flexibility index (Phi) is 5.91. The Morgan fingerprint density at radius 3 is 2.27 bits per heavy atom. The molecule has 3 rings (SSSR count). The first-order valence-electron chi connectivity index (χ1n) is 8.81. The average molecular weight is 392 g/mol. The van der Waals surface area contributed by atoms with Gasteiger partial charge in [-0.1, -0.05) is 41.4 Å². The molecule has 5 heteroatoms. The Hall–Kier alpha value is -1.55. The van der Waals surface area contributed by atoms with Crippen LogP contribution in [0.3, 0.4) is 0 Å². The number of aliphatic carboxylic acids is 1. The molecule has 0 bridgehead atoms. The summed E-state index contributed by atoms with van der Waals surface area (Å²) in [5.41, 5.74) is 6.38. The number of halogens is 2. The average Bonchev–Trinajstić information content (AvgIpc) is 2.52. The van der Waals surface area contributed by atoms with Gasteiger partial charge in [-0.25, -0.2) is 0 Å². The number of benzene rings is 2. The number of rotatable bonds is 6. The highest BCUT2D eigenvalue weighted by molar-refractivity contribution is 6.42. The molecule has 0 saturated carbocycles. The zero-order chi connectivity index (χ0) is 18.8. The first-order valence-corrected chi connectivity index (χ1v) is 9.57. The number of carboxylic acids is 1. The lowest BCUT2D eigenvalue weighted by atomic mass is 9.93. The third-order valence-electron chi connectivity index (χ3n) is 5.12. The Labute approximate surface area is 164 Å². The van der Waals surface area contributed by atoms with Crippen LogP contribution in [0.4, 0.5) is 0 Å². The first-order chi connectivity index (χ1) is 12.3. The molecule has 0 atom stereocenters. The van der Waals surface area contributed by atoms with E-state index in [1.54, 1.807) is 0 Å². The minimum absolute atomic E-state index is 0.206. The molecule has 1 aliphatic rings. The van der Waals surface area contributed by atoms with E-state index >= 15 is 0 Å². The van der Waals surface area contributed by atoms with Gasteiger partial charge in [0.05, 0.1) is 16.0 Å². The van der Waals surface area contributed by atoms with Crippen LogP contribution in [0.15, 0.2) is 30.3 Å². The van der Waals surface area contributed by atoms with Gasteiger partial charge in [0.25, 0.3) is 0 Å². The molecule has 0 spiro atoms. The number of hydrogen-bond acceptors (Lipinski definition) is 2. The van der Waals surface area contributed by atoms with Gasteiger partial charge >= 0.3 is 5.97 Å². The lowest BCUT2D eigenvalue weighted by molar-refractivity contribution is -0.147. The molecule has 1 aliphatic heterocycles. The van der Waals surface area contributed by atoms with E-state index in [1.165, 1.54) is 27.8 Å². The smallest absolute Gasteiger partial charge is 0.309 e. The summed E-state index contributed by atoms with van der Waals surface area (Å²) in [6.07, 6.45) is 1.88. The van der Waals surface area contributed by atoms with Gasteiger partial charge in [0.15, 0.2) is 0 Å². The van der Waals surface area contributed by atoms with Gasteiger partial charge in [0, 0.05) is 19.6 Å². The summed E-state index contributed by atoms with van der Waals surface area (Å²) >= 11 is 12.1. The first kappa shape index (κ1) is 19.2. The summed E-state index contributed by atoms with van der Waals surface area (Å²) in [5.74, 6) is -0.895. The van der Waals surface area contributed by atoms with Crippen molar-refractivity contribution in [1.29, 1.82) is 0 Å². The van der Waals surface area contributed by atoms with Crippen molar-refractivity contribution in [3.8, 4) is 0 Å². The molecule has 1 heterocycles. The Bertz CT molecular complexity index is 806. The molecule has 2 aromatic carbocycles. The number of carbonyl (C=O) groups is 1. The van der Waals surface area contributed by atoms with E-state index < -0.39 is 5.97 Å². The predicted octanol–water partition coefficient (Wildman–Crippen LogP) is 4.91. The second-order valence-corrected chi connectivity index (χ2v) is 8.00. The Morgan fingerprint density at radius 2 is 1.69 bits per heavy atom. The quantitative estimate of drug-likeness (QED) is 0.759. The van der Waals surface area contributed by atoms with Crippen molar-refractivity contribution >= 4 is 29.2 Å². The molecular weight excluding hydrogens is 369 g/mol. The molecule has 0 unspecified atom stereocenters. The van der Waals surface area contributed by atoms with E-state index in [0.717, 1.165) is 19.4 Å². The minimum Gasteiger partial charge on any atom is -0.481 e. The molecular formula is C21H23Cl2NO2. The van der Waals surface area contributed by atoms with E-state index in [0.29, 0.717) is 23.1 Å². The van der Waals surface area contributed by atoms with Crippen molar-refractivity contribution in [2.75, 3.05) is 13.1 Å². The highest BCUT2D eigenvalue weighted by Crippen LogP contribution is 2.26. The molecule has 2 aromatic rings. The van der Waals surface area contributed by atoms with E-state index in [2.05, 4.69) is 30.9 Å². The van der Waals surface area contributed by atoms with Crippen LogP contribution in [0, 0.1) is 19.8 Å². The standard InChI is InChI=1S/C21H23Cl2NO2/c1-13-7-16(10-24-11-17(12-24)21(25)26)8-14(2)18(13)5-3-15-4-6-19(22)20(23)9-15/h4,6-9,17H,3,5,10-12H2,1-2H3,(H,25,26). The molecule has 138 valence electrons. The summed E-state index contributed by atoms with van der Waals surface area (Å²) in [7, 11) is 0. The van der Waals surface area contributed by atoms with Gasteiger partial charge in [0.2, 0.25) is 0 Å². The predicted molar refractivity (Wildman–Crippen MR) is 106 cm³/mol. The number of hydrogen-bond donors (Lipinski definition) is 1. The van der Waals surface area contributed by atoms with E-state index in [1.807, 2.05) is 18.2 Å². The van der Waals surface area contributed by atoms with Crippen LogP contribution in [0.1, 0.15) is 27.8 Å². The van der Waals surface area contributed by atoms with Crippen molar-refractivity contribution in [3.05, 3.63) is 68.2 Å². The monoisotopic (exact) mass is 391 g/mol. The van der Waals surface area contributed by atoms with Crippen LogP contribution in [-0.2, 0) is 24.2 Å². The fourth-order valence-electron chi connectivity index (χ4n) is 3.65. The van der Waals surface area contributed by atoms with Crippen molar-refractivity contribution in [1.82, 2.24) is 4.90 Å². The molecule has 3 nitrogen and oxygen atoms in total. The third-order valence-corrected chi connectivity index (χ3v) is 5.86. The van der Waals surface area contributed by atoms with E-state index in [-0.39, 0.29) is 5.92 Å². The molecule has 1 saturated heterocycles. The molecule has 0 aliphatic carbocycles. The summed E-state index contributed by atoms with van der Waals surface area (Å²) in [5, 5.41) is 10.2. The molecule has 1 N–H and O–H groups in total. The number of aryl methyl sites for hydroxylation is 3. The summed E-state index contributed by atoms with van der Waals surface area (Å²) in [6.45, 7) is 6.41. The fraction of sp³-hybridized carbons (Fsp3) is 0.381. The lowest BCUT2D eigenvalue weighted by Crippen LogP contribution is -2.49. The number of likely N-dealkylation sites (tertiary alicyclic amines) is 1. The molecule has 26 heavy (non-hydrogen) atoms. The SMILES string of the molecule is Cc1cc(CN2CC(C(=O)O)C2)cc(C)c1CCc1ccc(Cl)c(Cl)c1. The highest BCUT2D eigenvalue weighted by atomic mass is 35.5. The van der Waals surface area contributed by atoms with Crippen LogP contribution >= 0.6 is 23.2 Å². The Balaban J connectivity index is 1.63. The van der Waals surface area contributed by atoms with Crippen molar-refractivity contribution < 1.29 is 9.90 Å². The normalized spacial score (nSPS) is 15.1. The second kappa shape index (κ2) is 7.99. The Morgan fingerprint density at radius 1 is 1.04 bits per heavy atom. The number of carboxylic acid groups (broad SMARTS) is 1. The zero-order valence-corrected chi connectivity index (χ0v) is 16.6. The van der Waals surface area contributed by atoms with Gasteiger partial charge in [-0.05, 0) is 66.6 Å². The van der Waals surface area contributed by atoms with Gasteiger partial charge in [0.1, 0.15) is 0 Å². The maximum Gasteiger partial charge on any atom is 0.309 e. The molecule has 0 aromatic heterocycles. The summed E-state index contributed by atoms with van der Waals surface area (Å²) in [6, 6.07) is 10.3. The van der Waals surface area contributed by atoms with Crippen LogP contribution in [-0.4, -0.2) is 29.1 Å². The summed E-state index contributed by atoms with van der Waals surface area (Å²) in [4.78, 5) is 13.1. The van der Waals surface area contributed by atoms with Gasteiger partial charge < -0.3 is 5.11 Å². The highest BCUT2D eigenvalue weighted by Gasteiger charge is 2.32. The van der Waals surface area contributed by atoms with Crippen LogP contribution in [0.25, 0.3) is 0 Å². The lowest BCUT2D eigenvalue weighted by Gasteiger charge is -2.36. The molecule has 0 amide bonds. The van der Waals surface area contributed by atoms with Crippen LogP contribution in [0.2, 0.25) is 10.0 Å². The maximum absolute atomic E-state index is 10.9. The minimum atomic E-state index is -0.689. The van der Waals surface area contributed by atoms with Gasteiger partial charge in [-0.3, -0.25) is 9.69 Å². The second-order valence-electron chi connectivity index (χ2n) is 7.19. The van der Waals surface area contributed by atoms with Crippen LogP contribution in [0.5, 0.6) is 0 Å². The number of nitrogens with zero attached hydrogens (tertiary/aromatic N) is 1. The van der Waals surface area contributed by atoms with E-state index in [9.17, 15) is 4.79 Å². The molecule has 0 radical (unpaired) electrons. The maximum atomic E-state index is 10.9. The largest absolute Gasteiger partial charge is 0.481 e. The zero-order valence-electron chi connectivity index (χ0n) is 15.1. The van der Waals surface area contributed by atoms with Crippen molar-refractivity contribution in [2.24, 2.45) is 5.92 Å². The topological polar surface area (TPSA) is 40.5 Å². The van der Waals surface area contributed by atoms with Crippen molar-refractivity contribution in [3.63, 3.8) is 0 Å². The van der Waals surface area contributed by atoms with Gasteiger partial charge in [-0.2, -0.15) is 0 Å². The summed E-state index contributed by atoms with van der Waals surface area (Å²) < 4.78 is 0. The van der Waals surface area contributed by atoms with Gasteiger partial charge in [-0.15, -0.1) is 0 Å². The van der Waals surface area contributed by atoms with E-state index in [4.69, 9.17) is 28.3 Å². The van der Waals surface area contributed by atoms with Crippen LogP contribution < -0.4 is 0 Å². The third kappa shape index (κ3) is 4.40.